The third-order valence-electron chi connectivity index (χ3n) is 3.03. The van der Waals surface area contributed by atoms with Gasteiger partial charge in [0.1, 0.15) is 12.4 Å². The van der Waals surface area contributed by atoms with Crippen molar-refractivity contribution in [3.8, 4) is 5.69 Å². The average molecular weight is 296 g/mol. The lowest BCUT2D eigenvalue weighted by atomic mass is 10.2. The number of rotatable bonds is 5. The van der Waals surface area contributed by atoms with Crippen LogP contribution in [0.15, 0.2) is 55.1 Å². The zero-order valence-electron chi connectivity index (χ0n) is 11.5. The molecule has 2 aromatic heterocycles. The van der Waals surface area contributed by atoms with Crippen LogP contribution in [-0.4, -0.2) is 24.7 Å². The van der Waals surface area contributed by atoms with Gasteiger partial charge in [0.05, 0.1) is 10.6 Å². The van der Waals surface area contributed by atoms with E-state index < -0.39 is 4.92 Å². The Morgan fingerprint density at radius 1 is 1.18 bits per heavy atom. The van der Waals surface area contributed by atoms with Gasteiger partial charge in [0, 0.05) is 18.9 Å². The summed E-state index contributed by atoms with van der Waals surface area (Å²) in [4.78, 5) is 17.9. The molecule has 0 aliphatic rings. The Balaban J connectivity index is 1.76. The predicted molar refractivity (Wildman–Crippen MR) is 79.6 cm³/mol. The fraction of sp³-hybridized carbons (Fsp3) is 0.0714. The fourth-order valence-corrected chi connectivity index (χ4v) is 1.98. The molecule has 1 N–H and O–H groups in total. The Morgan fingerprint density at radius 2 is 1.95 bits per heavy atom. The molecule has 0 fully saturated rings. The quantitative estimate of drug-likeness (QED) is 0.572. The highest BCUT2D eigenvalue weighted by atomic mass is 16.6. The van der Waals surface area contributed by atoms with E-state index in [2.05, 4.69) is 20.4 Å². The highest BCUT2D eigenvalue weighted by Gasteiger charge is 2.08. The Labute approximate surface area is 125 Å². The van der Waals surface area contributed by atoms with E-state index >= 15 is 0 Å². The summed E-state index contributed by atoms with van der Waals surface area (Å²) in [5, 5.41) is 17.8. The van der Waals surface area contributed by atoms with E-state index in [1.165, 1.54) is 12.4 Å². The number of para-hydroxylation sites is 1. The van der Waals surface area contributed by atoms with Gasteiger partial charge in [-0.25, -0.2) is 14.6 Å². The number of nitrogens with one attached hydrogen (secondary N) is 1. The number of hydrogen-bond donors (Lipinski definition) is 1. The first-order chi connectivity index (χ1) is 10.7. The molecule has 0 amide bonds. The molecule has 0 saturated heterocycles. The topological polar surface area (TPSA) is 98.8 Å². The first-order valence-electron chi connectivity index (χ1n) is 6.52. The molecule has 0 unspecified atom stereocenters. The van der Waals surface area contributed by atoms with Crippen molar-refractivity contribution in [2.75, 3.05) is 5.32 Å². The highest BCUT2D eigenvalue weighted by Crippen LogP contribution is 2.15. The molecule has 0 atom stereocenters. The second-order valence-corrected chi connectivity index (χ2v) is 4.45. The molecule has 0 aliphatic carbocycles. The predicted octanol–water partition coefficient (Wildman–Crippen LogP) is 2.18. The maximum Gasteiger partial charge on any atom is 0.305 e. The van der Waals surface area contributed by atoms with E-state index in [-0.39, 0.29) is 5.69 Å². The van der Waals surface area contributed by atoms with Crippen molar-refractivity contribution < 1.29 is 4.92 Å². The lowest BCUT2D eigenvalue weighted by Gasteiger charge is -2.10. The van der Waals surface area contributed by atoms with Gasteiger partial charge in [0.25, 0.3) is 0 Å². The normalized spacial score (nSPS) is 10.4. The number of nitrogens with zero attached hydrogens (tertiary/aromatic N) is 5. The monoisotopic (exact) mass is 296 g/mol. The van der Waals surface area contributed by atoms with Crippen LogP contribution in [0.2, 0.25) is 0 Å². The second-order valence-electron chi connectivity index (χ2n) is 4.45. The van der Waals surface area contributed by atoms with Crippen LogP contribution < -0.4 is 5.32 Å². The highest BCUT2D eigenvalue weighted by molar-refractivity contribution is 5.42. The maximum atomic E-state index is 10.6. The summed E-state index contributed by atoms with van der Waals surface area (Å²) in [6, 6.07) is 9.64. The lowest BCUT2D eigenvalue weighted by Crippen LogP contribution is -2.07. The first kappa shape index (κ1) is 13.7. The van der Waals surface area contributed by atoms with E-state index in [0.717, 1.165) is 11.3 Å². The van der Waals surface area contributed by atoms with Crippen LogP contribution >= 0.6 is 0 Å². The van der Waals surface area contributed by atoms with Crippen molar-refractivity contribution in [2.45, 2.75) is 6.54 Å². The molecule has 1 aromatic carbocycles. The molecule has 3 aromatic rings. The van der Waals surface area contributed by atoms with Crippen LogP contribution in [0.3, 0.4) is 0 Å². The summed E-state index contributed by atoms with van der Waals surface area (Å²) < 4.78 is 1.77. The molecule has 3 rings (SSSR count). The van der Waals surface area contributed by atoms with Crippen LogP contribution in [0.25, 0.3) is 5.69 Å². The summed E-state index contributed by atoms with van der Waals surface area (Å²) in [6.45, 7) is 0.480. The molecule has 0 bridgehead atoms. The fourth-order valence-electron chi connectivity index (χ4n) is 1.98. The minimum Gasteiger partial charge on any atom is -0.350 e. The number of nitro groups is 1. The van der Waals surface area contributed by atoms with Gasteiger partial charge in [-0.3, -0.25) is 10.1 Å². The first-order valence-corrected chi connectivity index (χ1v) is 6.52. The van der Waals surface area contributed by atoms with Crippen LogP contribution in [0.4, 0.5) is 11.6 Å². The average Bonchev–Trinajstić information content (AvgIpc) is 3.08. The summed E-state index contributed by atoms with van der Waals surface area (Å²) in [6.07, 6.45) is 5.92. The van der Waals surface area contributed by atoms with E-state index in [9.17, 15) is 10.1 Å². The molecule has 8 heteroatoms. The van der Waals surface area contributed by atoms with Crippen LogP contribution in [0.5, 0.6) is 0 Å². The van der Waals surface area contributed by atoms with Crippen molar-refractivity contribution >= 4 is 11.6 Å². The number of aromatic nitrogens is 4. The van der Waals surface area contributed by atoms with Crippen LogP contribution in [0.1, 0.15) is 5.56 Å². The third kappa shape index (κ3) is 2.90. The molecule has 110 valence electrons. The minimum atomic E-state index is -0.531. The van der Waals surface area contributed by atoms with Gasteiger partial charge < -0.3 is 5.32 Å². The zero-order valence-corrected chi connectivity index (χ0v) is 11.5. The summed E-state index contributed by atoms with van der Waals surface area (Å²) in [5.74, 6) is 0.334. The molecular formula is C14H12N6O2. The molecule has 22 heavy (non-hydrogen) atoms. The van der Waals surface area contributed by atoms with Gasteiger partial charge in [-0.2, -0.15) is 5.10 Å². The Morgan fingerprint density at radius 3 is 2.64 bits per heavy atom. The van der Waals surface area contributed by atoms with Gasteiger partial charge in [-0.1, -0.05) is 18.2 Å². The van der Waals surface area contributed by atoms with Crippen molar-refractivity contribution in [3.63, 3.8) is 0 Å². The SMILES string of the molecule is O=[N+]([O-])c1cnc(NCc2ccccc2-n2cccn2)nc1. The molecule has 2 heterocycles. The molecule has 0 saturated carbocycles. The summed E-state index contributed by atoms with van der Waals surface area (Å²) in [7, 11) is 0. The van der Waals surface area contributed by atoms with E-state index in [1.54, 1.807) is 10.9 Å². The Bertz CT molecular complexity index is 770. The Hall–Kier alpha value is -3.29. The van der Waals surface area contributed by atoms with E-state index in [0.29, 0.717) is 12.5 Å². The number of benzene rings is 1. The van der Waals surface area contributed by atoms with Crippen molar-refractivity contribution in [1.29, 1.82) is 0 Å². The van der Waals surface area contributed by atoms with E-state index in [4.69, 9.17) is 0 Å². The molecule has 0 aliphatic heterocycles. The minimum absolute atomic E-state index is 0.137. The van der Waals surface area contributed by atoms with E-state index in [1.807, 2.05) is 36.5 Å². The third-order valence-corrected chi connectivity index (χ3v) is 3.03. The maximum absolute atomic E-state index is 10.6. The summed E-state index contributed by atoms with van der Waals surface area (Å²) in [5.41, 5.74) is 1.82. The van der Waals surface area contributed by atoms with Crippen molar-refractivity contribution in [2.24, 2.45) is 0 Å². The standard InChI is InChI=1S/C14H12N6O2/c21-20(22)12-9-16-14(17-10-12)15-8-11-4-1-2-5-13(11)19-7-3-6-18-19/h1-7,9-10H,8H2,(H,15,16,17). The van der Waals surface area contributed by atoms with Gasteiger partial charge in [-0.05, 0) is 17.7 Å². The van der Waals surface area contributed by atoms with Crippen molar-refractivity contribution in [1.82, 2.24) is 19.7 Å². The lowest BCUT2D eigenvalue weighted by molar-refractivity contribution is -0.385. The van der Waals surface area contributed by atoms with Crippen LogP contribution in [0, 0.1) is 10.1 Å². The van der Waals surface area contributed by atoms with Crippen LogP contribution in [-0.2, 0) is 6.54 Å². The van der Waals surface area contributed by atoms with Gasteiger partial charge >= 0.3 is 5.69 Å². The summed E-state index contributed by atoms with van der Waals surface area (Å²) >= 11 is 0. The number of anilines is 1. The van der Waals surface area contributed by atoms with Crippen molar-refractivity contribution in [3.05, 3.63) is 70.8 Å². The molecule has 0 radical (unpaired) electrons. The van der Waals surface area contributed by atoms with Gasteiger partial charge in [-0.15, -0.1) is 0 Å². The Kier molecular flexibility index (Phi) is 3.73. The zero-order chi connectivity index (χ0) is 15.4. The molecule has 0 spiro atoms. The molecular weight excluding hydrogens is 284 g/mol. The smallest absolute Gasteiger partial charge is 0.305 e. The molecule has 8 nitrogen and oxygen atoms in total. The number of hydrogen-bond acceptors (Lipinski definition) is 6. The largest absolute Gasteiger partial charge is 0.350 e. The second kappa shape index (κ2) is 6.00. The van der Waals surface area contributed by atoms with Gasteiger partial charge in [0.15, 0.2) is 0 Å². The van der Waals surface area contributed by atoms with Gasteiger partial charge in [0.2, 0.25) is 5.95 Å².